The number of fused-ring (bicyclic) bond motifs is 1. The van der Waals surface area contributed by atoms with E-state index in [1.54, 1.807) is 0 Å². The Kier molecular flexibility index (Phi) is 0.474. The van der Waals surface area contributed by atoms with Gasteiger partial charge < -0.3 is 9.84 Å². The van der Waals surface area contributed by atoms with Crippen molar-refractivity contribution in [2.45, 2.75) is 31.2 Å². The third kappa shape index (κ3) is 0.359. The molecule has 2 heteroatoms. The first-order chi connectivity index (χ1) is 3.31. The van der Waals surface area contributed by atoms with E-state index in [1.165, 1.54) is 0 Å². The lowest BCUT2D eigenvalue weighted by Crippen LogP contribution is -2.05. The maximum absolute atomic E-state index is 9.05. The summed E-state index contributed by atoms with van der Waals surface area (Å²) in [6.45, 7) is 0. The molecule has 0 aromatic heterocycles. The monoisotopic (exact) mass is 100 g/mol. The van der Waals surface area contributed by atoms with Crippen LogP contribution >= 0.6 is 0 Å². The summed E-state index contributed by atoms with van der Waals surface area (Å²) in [5.74, 6) is -0.639. The molecule has 0 aromatic rings. The molecule has 0 spiro atoms. The molecule has 2 fully saturated rings. The maximum atomic E-state index is 9.05. The molecule has 0 radical (unpaired) electrons. The lowest BCUT2D eigenvalue weighted by molar-refractivity contribution is 0.0283. The number of ether oxygens (including phenoxy) is 1. The zero-order chi connectivity index (χ0) is 4.91. The molecule has 2 aliphatic rings. The number of hydrogen-bond donors (Lipinski definition) is 1. The molecular formula is C5H8O2. The minimum Gasteiger partial charge on any atom is -0.363 e. The maximum Gasteiger partial charge on any atom is 0.192 e. The molecular weight excluding hydrogens is 92.1 g/mol. The van der Waals surface area contributed by atoms with E-state index < -0.39 is 5.79 Å². The molecule has 2 rings (SSSR count). The lowest BCUT2D eigenvalue weighted by Gasteiger charge is -1.92. The fourth-order valence-electron chi connectivity index (χ4n) is 1.26. The molecule has 0 aromatic carbocycles. The highest BCUT2D eigenvalue weighted by Crippen LogP contribution is 2.47. The highest BCUT2D eigenvalue weighted by Gasteiger charge is 2.58. The Balaban J connectivity index is 2.17. The fourth-order valence-corrected chi connectivity index (χ4v) is 1.26. The standard InChI is InChI=1S/C5H8O2/c6-5-3-1-2-4(5)7-5/h4,6H,1-3H2/t4?,5-/m0/s1. The zero-order valence-electron chi connectivity index (χ0n) is 4.05. The molecule has 1 heterocycles. The summed E-state index contributed by atoms with van der Waals surface area (Å²) >= 11 is 0. The second kappa shape index (κ2) is 0.858. The van der Waals surface area contributed by atoms with Crippen LogP contribution in [0.2, 0.25) is 0 Å². The van der Waals surface area contributed by atoms with Crippen molar-refractivity contribution in [2.24, 2.45) is 0 Å². The molecule has 1 aliphatic heterocycles. The van der Waals surface area contributed by atoms with E-state index in [9.17, 15) is 0 Å². The van der Waals surface area contributed by atoms with Crippen LogP contribution in [0.15, 0.2) is 0 Å². The highest BCUT2D eigenvalue weighted by molar-refractivity contribution is 4.98. The summed E-state index contributed by atoms with van der Waals surface area (Å²) in [4.78, 5) is 0. The molecule has 2 atom stereocenters. The molecule has 1 saturated carbocycles. The van der Waals surface area contributed by atoms with Crippen LogP contribution in [0.25, 0.3) is 0 Å². The molecule has 40 valence electrons. The Hall–Kier alpha value is -0.0800. The summed E-state index contributed by atoms with van der Waals surface area (Å²) in [5.41, 5.74) is 0. The number of epoxide rings is 1. The third-order valence-corrected chi connectivity index (χ3v) is 1.79. The molecule has 0 bridgehead atoms. The van der Waals surface area contributed by atoms with Crippen LogP contribution in [0.4, 0.5) is 0 Å². The Morgan fingerprint density at radius 3 is 2.71 bits per heavy atom. The van der Waals surface area contributed by atoms with Crippen molar-refractivity contribution in [3.05, 3.63) is 0 Å². The van der Waals surface area contributed by atoms with E-state index in [2.05, 4.69) is 0 Å². The van der Waals surface area contributed by atoms with Crippen LogP contribution in [-0.2, 0) is 4.74 Å². The van der Waals surface area contributed by atoms with Crippen LogP contribution in [0, 0.1) is 0 Å². The molecule has 1 unspecified atom stereocenters. The van der Waals surface area contributed by atoms with Gasteiger partial charge in [-0.2, -0.15) is 0 Å². The van der Waals surface area contributed by atoms with E-state index in [0.717, 1.165) is 19.3 Å². The molecule has 2 nitrogen and oxygen atoms in total. The van der Waals surface area contributed by atoms with Gasteiger partial charge in [0.25, 0.3) is 0 Å². The first-order valence-corrected chi connectivity index (χ1v) is 2.71. The Labute approximate surface area is 42.1 Å². The summed E-state index contributed by atoms with van der Waals surface area (Å²) in [7, 11) is 0. The van der Waals surface area contributed by atoms with Gasteiger partial charge >= 0.3 is 0 Å². The van der Waals surface area contributed by atoms with Crippen LogP contribution in [-0.4, -0.2) is 17.0 Å². The number of rotatable bonds is 0. The predicted molar refractivity (Wildman–Crippen MR) is 23.7 cm³/mol. The van der Waals surface area contributed by atoms with Gasteiger partial charge in [-0.15, -0.1) is 0 Å². The van der Waals surface area contributed by atoms with Crippen molar-refractivity contribution in [1.29, 1.82) is 0 Å². The van der Waals surface area contributed by atoms with Gasteiger partial charge in [0, 0.05) is 6.42 Å². The topological polar surface area (TPSA) is 32.8 Å². The number of aliphatic hydroxyl groups is 1. The zero-order valence-corrected chi connectivity index (χ0v) is 4.05. The molecule has 0 amide bonds. The largest absolute Gasteiger partial charge is 0.363 e. The van der Waals surface area contributed by atoms with E-state index in [4.69, 9.17) is 9.84 Å². The van der Waals surface area contributed by atoms with Crippen LogP contribution in [0.3, 0.4) is 0 Å². The van der Waals surface area contributed by atoms with Gasteiger partial charge in [0.05, 0.1) is 0 Å². The second-order valence-electron chi connectivity index (χ2n) is 2.34. The van der Waals surface area contributed by atoms with Crippen LogP contribution < -0.4 is 0 Å². The van der Waals surface area contributed by atoms with Gasteiger partial charge in [0.15, 0.2) is 5.79 Å². The average molecular weight is 100 g/mol. The van der Waals surface area contributed by atoms with Crippen molar-refractivity contribution in [2.75, 3.05) is 0 Å². The van der Waals surface area contributed by atoms with Gasteiger partial charge in [0.2, 0.25) is 0 Å². The summed E-state index contributed by atoms with van der Waals surface area (Å²) < 4.78 is 4.90. The van der Waals surface area contributed by atoms with Gasteiger partial charge in [-0.05, 0) is 12.8 Å². The van der Waals surface area contributed by atoms with Crippen molar-refractivity contribution in [1.82, 2.24) is 0 Å². The first-order valence-electron chi connectivity index (χ1n) is 2.71. The molecule has 7 heavy (non-hydrogen) atoms. The summed E-state index contributed by atoms with van der Waals surface area (Å²) in [6.07, 6.45) is 3.28. The van der Waals surface area contributed by atoms with Crippen LogP contribution in [0.5, 0.6) is 0 Å². The van der Waals surface area contributed by atoms with Gasteiger partial charge in [-0.25, -0.2) is 0 Å². The fraction of sp³-hybridized carbons (Fsp3) is 1.00. The first kappa shape index (κ1) is 3.87. The van der Waals surface area contributed by atoms with E-state index >= 15 is 0 Å². The van der Waals surface area contributed by atoms with Crippen molar-refractivity contribution >= 4 is 0 Å². The van der Waals surface area contributed by atoms with Gasteiger partial charge in [-0.1, -0.05) is 0 Å². The molecule has 1 saturated heterocycles. The minimum absolute atomic E-state index is 0.215. The quantitative estimate of drug-likeness (QED) is 0.443. The van der Waals surface area contributed by atoms with Gasteiger partial charge in [0.1, 0.15) is 6.10 Å². The molecule has 1 aliphatic carbocycles. The van der Waals surface area contributed by atoms with Crippen molar-refractivity contribution in [3.63, 3.8) is 0 Å². The van der Waals surface area contributed by atoms with Crippen molar-refractivity contribution < 1.29 is 9.84 Å². The highest BCUT2D eigenvalue weighted by atomic mass is 16.7. The van der Waals surface area contributed by atoms with E-state index in [0.29, 0.717) is 0 Å². The lowest BCUT2D eigenvalue weighted by atomic mass is 10.3. The average Bonchev–Trinajstić information content (AvgIpc) is 2.09. The second-order valence-corrected chi connectivity index (χ2v) is 2.34. The predicted octanol–water partition coefficient (Wildman–Crippen LogP) is 0.258. The Bertz CT molecular complexity index is 100. The Morgan fingerprint density at radius 2 is 2.57 bits per heavy atom. The van der Waals surface area contributed by atoms with E-state index in [1.807, 2.05) is 0 Å². The normalized spacial score (nSPS) is 57.0. The Morgan fingerprint density at radius 1 is 1.71 bits per heavy atom. The van der Waals surface area contributed by atoms with E-state index in [-0.39, 0.29) is 6.10 Å². The SMILES string of the molecule is O[C@]12CCCC1O2. The van der Waals surface area contributed by atoms with Crippen LogP contribution in [0.1, 0.15) is 19.3 Å². The number of hydrogen-bond acceptors (Lipinski definition) is 2. The molecule has 1 N–H and O–H groups in total. The minimum atomic E-state index is -0.639. The summed E-state index contributed by atoms with van der Waals surface area (Å²) in [6, 6.07) is 0. The van der Waals surface area contributed by atoms with Gasteiger partial charge in [-0.3, -0.25) is 0 Å². The summed E-state index contributed by atoms with van der Waals surface area (Å²) in [5, 5.41) is 9.05. The third-order valence-electron chi connectivity index (χ3n) is 1.79. The smallest absolute Gasteiger partial charge is 0.192 e. The van der Waals surface area contributed by atoms with Crippen molar-refractivity contribution in [3.8, 4) is 0 Å².